The Morgan fingerprint density at radius 3 is 2.80 bits per heavy atom. The molecular weight excluding hydrogens is 388 g/mol. The lowest BCUT2D eigenvalue weighted by atomic mass is 10.2. The molecule has 156 valence electrons. The molecule has 1 aromatic heterocycles. The molecule has 0 unspecified atom stereocenters. The predicted molar refractivity (Wildman–Crippen MR) is 110 cm³/mol. The maximum absolute atomic E-state index is 12.1. The van der Waals surface area contributed by atoms with Gasteiger partial charge in [-0.05, 0) is 42.8 Å². The summed E-state index contributed by atoms with van der Waals surface area (Å²) in [7, 11) is 1.50. The van der Waals surface area contributed by atoms with Crippen LogP contribution >= 0.6 is 0 Å². The number of carbonyl (C=O) groups is 2. The molecule has 1 heterocycles. The van der Waals surface area contributed by atoms with Crippen LogP contribution in [0.4, 0.5) is 0 Å². The molecule has 0 aliphatic heterocycles. The largest absolute Gasteiger partial charge is 0.493 e. The molecule has 0 bridgehead atoms. The second-order valence-corrected chi connectivity index (χ2v) is 6.18. The van der Waals surface area contributed by atoms with Gasteiger partial charge in [0.15, 0.2) is 18.1 Å². The summed E-state index contributed by atoms with van der Waals surface area (Å²) in [6.45, 7) is 2.26. The van der Waals surface area contributed by atoms with Gasteiger partial charge in [0.25, 0.3) is 11.8 Å². The molecule has 10 nitrogen and oxygen atoms in total. The van der Waals surface area contributed by atoms with E-state index in [0.717, 1.165) is 11.0 Å². The van der Waals surface area contributed by atoms with Gasteiger partial charge in [-0.1, -0.05) is 17.3 Å². The SMILES string of the molecule is CCNC(=O)COc1ccc(/C=N\NC(=O)Cn2nnc3ccccc32)cc1OC. The number of hydrogen-bond acceptors (Lipinski definition) is 7. The van der Waals surface area contributed by atoms with Crippen LogP contribution in [0.15, 0.2) is 47.6 Å². The van der Waals surface area contributed by atoms with Crippen molar-refractivity contribution in [1.29, 1.82) is 0 Å². The Bertz CT molecular complexity index is 1060. The Hall–Kier alpha value is -3.95. The summed E-state index contributed by atoms with van der Waals surface area (Å²) in [4.78, 5) is 23.7. The van der Waals surface area contributed by atoms with Crippen molar-refractivity contribution >= 4 is 29.1 Å². The van der Waals surface area contributed by atoms with Crippen molar-refractivity contribution in [1.82, 2.24) is 25.7 Å². The second-order valence-electron chi connectivity index (χ2n) is 6.18. The molecule has 3 aromatic rings. The highest BCUT2D eigenvalue weighted by Crippen LogP contribution is 2.27. The van der Waals surface area contributed by atoms with Gasteiger partial charge in [-0.2, -0.15) is 5.10 Å². The Morgan fingerprint density at radius 1 is 1.17 bits per heavy atom. The van der Waals surface area contributed by atoms with E-state index in [0.29, 0.717) is 23.6 Å². The van der Waals surface area contributed by atoms with Crippen LogP contribution in [0.1, 0.15) is 12.5 Å². The molecule has 3 rings (SSSR count). The number of benzene rings is 2. The zero-order valence-electron chi connectivity index (χ0n) is 16.7. The molecule has 0 aliphatic carbocycles. The molecule has 2 aromatic carbocycles. The molecule has 10 heteroatoms. The molecule has 0 atom stereocenters. The number of nitrogens with one attached hydrogen (secondary N) is 2. The average molecular weight is 410 g/mol. The van der Waals surface area contributed by atoms with Gasteiger partial charge in [0.05, 0.1) is 18.8 Å². The maximum atomic E-state index is 12.1. The Kier molecular flexibility index (Phi) is 6.93. The van der Waals surface area contributed by atoms with Gasteiger partial charge in [-0.25, -0.2) is 10.1 Å². The van der Waals surface area contributed by atoms with E-state index in [9.17, 15) is 9.59 Å². The lowest BCUT2D eigenvalue weighted by Crippen LogP contribution is -2.28. The van der Waals surface area contributed by atoms with Crippen LogP contribution in [0.25, 0.3) is 11.0 Å². The van der Waals surface area contributed by atoms with E-state index in [1.54, 1.807) is 18.2 Å². The first-order valence-corrected chi connectivity index (χ1v) is 9.28. The summed E-state index contributed by atoms with van der Waals surface area (Å²) < 4.78 is 12.3. The van der Waals surface area contributed by atoms with Gasteiger partial charge >= 0.3 is 0 Å². The van der Waals surface area contributed by atoms with E-state index in [2.05, 4.69) is 26.2 Å². The summed E-state index contributed by atoms with van der Waals surface area (Å²) in [6, 6.07) is 12.5. The number of likely N-dealkylation sites (N-methyl/N-ethyl adjacent to an activating group) is 1. The number of hydrogen-bond donors (Lipinski definition) is 2. The first-order valence-electron chi connectivity index (χ1n) is 9.28. The standard InChI is InChI=1S/C20H22N6O4/c1-3-21-20(28)13-30-17-9-8-14(10-18(17)29-2)11-22-24-19(27)12-26-16-7-5-4-6-15(16)23-25-26/h4-11H,3,12-13H2,1-2H3,(H,21,28)(H,24,27)/b22-11-. The number of rotatable bonds is 9. The third-order valence-electron chi connectivity index (χ3n) is 4.04. The summed E-state index contributed by atoms with van der Waals surface area (Å²) in [5, 5.41) is 14.6. The maximum Gasteiger partial charge on any atom is 0.261 e. The molecule has 0 spiro atoms. The Morgan fingerprint density at radius 2 is 2.00 bits per heavy atom. The minimum absolute atomic E-state index is 0.00617. The number of ether oxygens (including phenoxy) is 2. The summed E-state index contributed by atoms with van der Waals surface area (Å²) >= 11 is 0. The lowest BCUT2D eigenvalue weighted by Gasteiger charge is -2.11. The van der Waals surface area contributed by atoms with Crippen LogP contribution in [0, 0.1) is 0 Å². The van der Waals surface area contributed by atoms with Crippen molar-refractivity contribution < 1.29 is 19.1 Å². The predicted octanol–water partition coefficient (Wildman–Crippen LogP) is 1.11. The molecule has 2 amide bonds. The van der Waals surface area contributed by atoms with Crippen molar-refractivity contribution in [2.45, 2.75) is 13.5 Å². The molecule has 0 radical (unpaired) electrons. The van der Waals surface area contributed by atoms with Crippen LogP contribution in [0.3, 0.4) is 0 Å². The van der Waals surface area contributed by atoms with Gasteiger partial charge in [-0.3, -0.25) is 9.59 Å². The smallest absolute Gasteiger partial charge is 0.261 e. The number of methoxy groups -OCH3 is 1. The van der Waals surface area contributed by atoms with E-state index < -0.39 is 0 Å². The van der Waals surface area contributed by atoms with E-state index in [4.69, 9.17) is 9.47 Å². The van der Waals surface area contributed by atoms with Gasteiger partial charge in [-0.15, -0.1) is 5.10 Å². The molecule has 0 aliphatic rings. The number of aromatic nitrogens is 3. The quantitative estimate of drug-likeness (QED) is 0.403. The van der Waals surface area contributed by atoms with Crippen LogP contribution in [0.2, 0.25) is 0 Å². The topological polar surface area (TPSA) is 120 Å². The summed E-state index contributed by atoms with van der Waals surface area (Å²) in [5.41, 5.74) is 4.63. The Labute approximate surface area is 172 Å². The number of carbonyl (C=O) groups excluding carboxylic acids is 2. The van der Waals surface area contributed by atoms with Gasteiger partial charge in [0, 0.05) is 6.54 Å². The van der Waals surface area contributed by atoms with Crippen LogP contribution in [-0.2, 0) is 16.1 Å². The first-order chi connectivity index (χ1) is 14.6. The van der Waals surface area contributed by atoms with Crippen molar-refractivity contribution in [2.75, 3.05) is 20.3 Å². The summed E-state index contributed by atoms with van der Waals surface area (Å²) in [5.74, 6) is 0.329. The highest BCUT2D eigenvalue weighted by molar-refractivity contribution is 5.84. The zero-order chi connectivity index (χ0) is 21.3. The fraction of sp³-hybridized carbons (Fsp3) is 0.250. The number of hydrazone groups is 1. The fourth-order valence-electron chi connectivity index (χ4n) is 2.66. The van der Waals surface area contributed by atoms with Crippen LogP contribution in [-0.4, -0.2) is 53.3 Å². The van der Waals surface area contributed by atoms with E-state index in [1.165, 1.54) is 18.0 Å². The first kappa shape index (κ1) is 20.8. The van der Waals surface area contributed by atoms with E-state index in [1.807, 2.05) is 31.2 Å². The molecule has 0 saturated heterocycles. The lowest BCUT2D eigenvalue weighted by molar-refractivity contribution is -0.123. The molecule has 0 saturated carbocycles. The molecule has 2 N–H and O–H groups in total. The third-order valence-corrected chi connectivity index (χ3v) is 4.04. The van der Waals surface area contributed by atoms with Crippen molar-refractivity contribution in [3.8, 4) is 11.5 Å². The van der Waals surface area contributed by atoms with Crippen molar-refractivity contribution in [3.63, 3.8) is 0 Å². The van der Waals surface area contributed by atoms with E-state index >= 15 is 0 Å². The highest BCUT2D eigenvalue weighted by atomic mass is 16.5. The second kappa shape index (κ2) is 10.0. The number of nitrogens with zero attached hydrogens (tertiary/aromatic N) is 4. The monoisotopic (exact) mass is 410 g/mol. The van der Waals surface area contributed by atoms with Crippen molar-refractivity contribution in [2.24, 2.45) is 5.10 Å². The van der Waals surface area contributed by atoms with Crippen LogP contribution < -0.4 is 20.2 Å². The van der Waals surface area contributed by atoms with Gasteiger partial charge in [0.1, 0.15) is 12.1 Å². The van der Waals surface area contributed by atoms with Crippen molar-refractivity contribution in [3.05, 3.63) is 48.0 Å². The number of amides is 2. The van der Waals surface area contributed by atoms with Gasteiger partial charge < -0.3 is 14.8 Å². The third kappa shape index (κ3) is 5.31. The molecular formula is C20H22N6O4. The number of para-hydroxylation sites is 1. The zero-order valence-corrected chi connectivity index (χ0v) is 16.7. The van der Waals surface area contributed by atoms with Crippen LogP contribution in [0.5, 0.6) is 11.5 Å². The average Bonchev–Trinajstić information content (AvgIpc) is 3.15. The highest BCUT2D eigenvalue weighted by Gasteiger charge is 2.09. The number of fused-ring (bicyclic) bond motifs is 1. The molecule has 30 heavy (non-hydrogen) atoms. The fourth-order valence-corrected chi connectivity index (χ4v) is 2.66. The minimum Gasteiger partial charge on any atom is -0.493 e. The Balaban J connectivity index is 1.57. The summed E-state index contributed by atoms with van der Waals surface area (Å²) in [6.07, 6.45) is 1.48. The van der Waals surface area contributed by atoms with E-state index in [-0.39, 0.29) is 25.0 Å². The van der Waals surface area contributed by atoms with Gasteiger partial charge in [0.2, 0.25) is 0 Å². The minimum atomic E-state index is -0.337. The normalized spacial score (nSPS) is 10.9. The molecule has 0 fully saturated rings.